The fourth-order valence-corrected chi connectivity index (χ4v) is 4.54. The van der Waals surface area contributed by atoms with Crippen LogP contribution in [0.4, 0.5) is 4.39 Å². The molecule has 0 spiro atoms. The van der Waals surface area contributed by atoms with Crippen molar-refractivity contribution in [3.63, 3.8) is 0 Å². The number of aromatic amines is 1. The van der Waals surface area contributed by atoms with Crippen LogP contribution in [0.2, 0.25) is 0 Å². The number of thioether (sulfide) groups is 1. The highest BCUT2D eigenvalue weighted by atomic mass is 32.2. The number of H-pyrrole nitrogens is 1. The molecule has 0 aliphatic carbocycles. The van der Waals surface area contributed by atoms with Crippen LogP contribution < -0.4 is 5.56 Å². The maximum absolute atomic E-state index is 13.2. The van der Waals surface area contributed by atoms with Gasteiger partial charge in [-0.1, -0.05) is 23.9 Å². The number of hydrogen-bond acceptors (Lipinski definition) is 8. The lowest BCUT2D eigenvalue weighted by molar-refractivity contribution is -0.130. The first-order valence-corrected chi connectivity index (χ1v) is 12.1. The maximum Gasteiger partial charge on any atom is 0.277 e. The number of hydrogen-bond donors (Lipinski definition) is 1. The van der Waals surface area contributed by atoms with Gasteiger partial charge in [-0.25, -0.2) is 9.37 Å². The second-order valence-electron chi connectivity index (χ2n) is 8.11. The highest BCUT2D eigenvalue weighted by Gasteiger charge is 2.24. The smallest absolute Gasteiger partial charge is 0.277 e. The van der Waals surface area contributed by atoms with Gasteiger partial charge in [0.05, 0.1) is 29.3 Å². The molecule has 1 fully saturated rings. The average molecular weight is 496 g/mol. The van der Waals surface area contributed by atoms with E-state index in [0.29, 0.717) is 35.4 Å². The van der Waals surface area contributed by atoms with Crippen LogP contribution in [0.15, 0.2) is 63.0 Å². The van der Waals surface area contributed by atoms with Gasteiger partial charge in [-0.15, -0.1) is 10.2 Å². The van der Waals surface area contributed by atoms with Crippen LogP contribution in [0, 0.1) is 5.82 Å². The molecule has 0 radical (unpaired) electrons. The van der Waals surface area contributed by atoms with E-state index in [0.717, 1.165) is 24.6 Å². The number of fused-ring (bicyclic) bond motifs is 1. The topological polar surface area (TPSA) is 114 Å². The number of nitrogens with one attached hydrogen (secondary N) is 1. The van der Waals surface area contributed by atoms with Crippen LogP contribution in [0.3, 0.4) is 0 Å². The Kier molecular flexibility index (Phi) is 6.87. The third-order valence-electron chi connectivity index (χ3n) is 5.62. The van der Waals surface area contributed by atoms with Crippen LogP contribution >= 0.6 is 11.8 Å². The largest absolute Gasteiger partial charge is 0.411 e. The Morgan fingerprint density at radius 3 is 2.80 bits per heavy atom. The van der Waals surface area contributed by atoms with Gasteiger partial charge < -0.3 is 19.0 Å². The minimum atomic E-state index is -0.359. The van der Waals surface area contributed by atoms with Crippen molar-refractivity contribution in [3.05, 3.63) is 70.5 Å². The van der Waals surface area contributed by atoms with Crippen molar-refractivity contribution < 1.29 is 18.3 Å². The van der Waals surface area contributed by atoms with E-state index in [9.17, 15) is 14.0 Å². The number of carbonyl (C=O) groups is 1. The number of aromatic nitrogens is 4. The minimum absolute atomic E-state index is 0.0512. The molecular weight excluding hydrogens is 473 g/mol. The third-order valence-corrected chi connectivity index (χ3v) is 6.42. The Bertz CT molecular complexity index is 1380. The molecule has 1 aliphatic heterocycles. The SMILES string of the molecule is O=C(CSc1nnc(-c2ccc(F)cc2)o1)N(Cc1nc2ccccc2c(=O)[nH]1)C[C@@H]1CCCO1. The van der Waals surface area contributed by atoms with Gasteiger partial charge in [-0.2, -0.15) is 0 Å². The average Bonchev–Trinajstić information content (AvgIpc) is 3.55. The first-order chi connectivity index (χ1) is 17.0. The van der Waals surface area contributed by atoms with Gasteiger partial charge in [0.15, 0.2) is 0 Å². The van der Waals surface area contributed by atoms with Crippen molar-refractivity contribution in [2.75, 3.05) is 18.9 Å². The Hall–Kier alpha value is -3.57. The molecule has 1 atom stereocenters. The van der Waals surface area contributed by atoms with E-state index in [-0.39, 0.29) is 46.8 Å². The van der Waals surface area contributed by atoms with E-state index in [4.69, 9.17) is 9.15 Å². The Morgan fingerprint density at radius 1 is 1.17 bits per heavy atom. The van der Waals surface area contributed by atoms with E-state index in [1.807, 2.05) is 6.07 Å². The van der Waals surface area contributed by atoms with Crippen LogP contribution in [0.25, 0.3) is 22.4 Å². The lowest BCUT2D eigenvalue weighted by atomic mass is 10.2. The molecule has 11 heteroatoms. The predicted molar refractivity (Wildman–Crippen MR) is 127 cm³/mol. The van der Waals surface area contributed by atoms with Crippen molar-refractivity contribution in [1.82, 2.24) is 25.1 Å². The van der Waals surface area contributed by atoms with E-state index in [2.05, 4.69) is 20.2 Å². The van der Waals surface area contributed by atoms with Crippen LogP contribution in [-0.4, -0.2) is 56.0 Å². The summed E-state index contributed by atoms with van der Waals surface area (Å²) in [4.78, 5) is 34.6. The molecule has 9 nitrogen and oxygen atoms in total. The van der Waals surface area contributed by atoms with Crippen LogP contribution in [-0.2, 0) is 16.1 Å². The van der Waals surface area contributed by atoms with E-state index >= 15 is 0 Å². The molecule has 5 rings (SSSR count). The number of para-hydroxylation sites is 1. The molecule has 2 aromatic carbocycles. The van der Waals surface area contributed by atoms with E-state index in [1.165, 1.54) is 12.1 Å². The highest BCUT2D eigenvalue weighted by molar-refractivity contribution is 7.99. The maximum atomic E-state index is 13.2. The van der Waals surface area contributed by atoms with Gasteiger partial charge >= 0.3 is 0 Å². The van der Waals surface area contributed by atoms with Crippen molar-refractivity contribution >= 4 is 28.6 Å². The lowest BCUT2D eigenvalue weighted by Crippen LogP contribution is -2.38. The summed E-state index contributed by atoms with van der Waals surface area (Å²) >= 11 is 1.11. The normalized spacial score (nSPS) is 15.5. The summed E-state index contributed by atoms with van der Waals surface area (Å²) in [5.74, 6) is 0.163. The molecular formula is C24H22FN5O4S. The summed E-state index contributed by atoms with van der Waals surface area (Å²) < 4.78 is 24.5. The van der Waals surface area contributed by atoms with Gasteiger partial charge in [0, 0.05) is 18.7 Å². The number of halogens is 1. The van der Waals surface area contributed by atoms with E-state index in [1.54, 1.807) is 35.2 Å². The number of amides is 1. The molecule has 1 amide bonds. The number of ether oxygens (including phenoxy) is 1. The minimum Gasteiger partial charge on any atom is -0.411 e. The molecule has 0 saturated carbocycles. The summed E-state index contributed by atoms with van der Waals surface area (Å²) in [6.45, 7) is 1.20. The molecule has 4 aromatic rings. The Labute approximate surface area is 203 Å². The highest BCUT2D eigenvalue weighted by Crippen LogP contribution is 2.24. The van der Waals surface area contributed by atoms with E-state index < -0.39 is 0 Å². The zero-order valence-corrected chi connectivity index (χ0v) is 19.5. The van der Waals surface area contributed by atoms with Gasteiger partial charge in [-0.3, -0.25) is 9.59 Å². The summed E-state index contributed by atoms with van der Waals surface area (Å²) in [7, 11) is 0. The van der Waals surface area contributed by atoms with Gasteiger partial charge in [0.2, 0.25) is 11.8 Å². The standard InChI is InChI=1S/C24H22FN5O4S/c25-16-9-7-15(8-10-16)23-28-29-24(34-23)35-14-21(31)30(12-17-4-3-11-33-17)13-20-26-19-6-2-1-5-18(19)22(32)27-20/h1-2,5-10,17H,3-4,11-14H2,(H,26,27,32)/t17-/m0/s1. The zero-order chi connectivity index (χ0) is 24.2. The second-order valence-corrected chi connectivity index (χ2v) is 9.03. The quantitative estimate of drug-likeness (QED) is 0.370. The fraction of sp³-hybridized carbons (Fsp3) is 0.292. The molecule has 35 heavy (non-hydrogen) atoms. The summed E-state index contributed by atoms with van der Waals surface area (Å²) in [6, 6.07) is 12.8. The Morgan fingerprint density at radius 2 is 2.00 bits per heavy atom. The molecule has 1 aliphatic rings. The van der Waals surface area contributed by atoms with Crippen LogP contribution in [0.5, 0.6) is 0 Å². The van der Waals surface area contributed by atoms with Gasteiger partial charge in [0.25, 0.3) is 10.8 Å². The summed E-state index contributed by atoms with van der Waals surface area (Å²) in [6.07, 6.45) is 1.74. The number of carbonyl (C=O) groups excluding carboxylic acids is 1. The monoisotopic (exact) mass is 495 g/mol. The molecule has 0 unspecified atom stereocenters. The molecule has 0 bridgehead atoms. The third kappa shape index (κ3) is 5.57. The van der Waals surface area contributed by atoms with Gasteiger partial charge in [0.1, 0.15) is 11.6 Å². The number of rotatable bonds is 8. The van der Waals surface area contributed by atoms with Gasteiger partial charge in [-0.05, 0) is 49.2 Å². The number of nitrogens with zero attached hydrogens (tertiary/aromatic N) is 4. The molecule has 1 saturated heterocycles. The van der Waals surface area contributed by atoms with Crippen molar-refractivity contribution in [3.8, 4) is 11.5 Å². The first-order valence-electron chi connectivity index (χ1n) is 11.1. The molecule has 2 aromatic heterocycles. The fourth-order valence-electron chi connectivity index (χ4n) is 3.87. The van der Waals surface area contributed by atoms with Crippen molar-refractivity contribution in [1.29, 1.82) is 0 Å². The number of benzene rings is 2. The first kappa shape index (κ1) is 23.2. The Balaban J connectivity index is 1.29. The molecule has 3 heterocycles. The summed E-state index contributed by atoms with van der Waals surface area (Å²) in [5.41, 5.74) is 0.913. The van der Waals surface area contributed by atoms with Crippen molar-refractivity contribution in [2.24, 2.45) is 0 Å². The molecule has 180 valence electrons. The second kappa shape index (κ2) is 10.4. The lowest BCUT2D eigenvalue weighted by Gasteiger charge is -2.25. The summed E-state index contributed by atoms with van der Waals surface area (Å²) in [5, 5.41) is 8.68. The predicted octanol–water partition coefficient (Wildman–Crippen LogP) is 3.41. The van der Waals surface area contributed by atoms with Crippen molar-refractivity contribution in [2.45, 2.75) is 30.7 Å². The van der Waals surface area contributed by atoms with Crippen LogP contribution in [0.1, 0.15) is 18.7 Å². The zero-order valence-electron chi connectivity index (χ0n) is 18.6. The molecule has 1 N–H and O–H groups in total.